The van der Waals surface area contributed by atoms with Crippen LogP contribution in [0.5, 0.6) is 0 Å². The summed E-state index contributed by atoms with van der Waals surface area (Å²) in [6, 6.07) is 19.1. The first-order valence-corrected chi connectivity index (χ1v) is 25.8. The third-order valence-corrected chi connectivity index (χ3v) is 20.7. The van der Waals surface area contributed by atoms with Crippen molar-refractivity contribution in [2.24, 2.45) is 22.7 Å². The zero-order chi connectivity index (χ0) is 43.4. The first-order chi connectivity index (χ1) is 31.6. The lowest BCUT2D eigenvalue weighted by Gasteiger charge is -2.55. The minimum atomic E-state index is -0.294. The minimum absolute atomic E-state index is 0. The third-order valence-electron chi connectivity index (χ3n) is 20.7. The Morgan fingerprint density at radius 1 is 0.621 bits per heavy atom. The highest BCUT2D eigenvalue weighted by Crippen LogP contribution is 2.71. The number of fused-ring (bicyclic) bond motifs is 4. The number of carbonyl (C=O) groups excluding carboxylic acids is 1. The van der Waals surface area contributed by atoms with Crippen molar-refractivity contribution in [3.05, 3.63) is 131 Å². The number of halogens is 1. The molecule has 0 radical (unpaired) electrons. The van der Waals surface area contributed by atoms with Crippen molar-refractivity contribution >= 4 is 27.3 Å². The Hall–Kier alpha value is -4.30. The molecule has 6 aliphatic carbocycles. The molecule has 3 saturated heterocycles. The van der Waals surface area contributed by atoms with E-state index in [1.165, 1.54) is 128 Å². The topological polar surface area (TPSA) is 64.5 Å². The maximum atomic E-state index is 12.4. The fourth-order valence-electron chi connectivity index (χ4n) is 17.4. The van der Waals surface area contributed by atoms with Gasteiger partial charge in [-0.05, 0) is 212 Å². The number of aromatic nitrogens is 2. The quantitative estimate of drug-likeness (QED) is 0.204. The van der Waals surface area contributed by atoms with E-state index in [0.29, 0.717) is 42.3 Å². The number of ketones is 1. The number of hydrogen-bond donors (Lipinski definition) is 0. The predicted molar refractivity (Wildman–Crippen MR) is 259 cm³/mol. The number of benzene rings is 2. The van der Waals surface area contributed by atoms with Crippen molar-refractivity contribution < 1.29 is 19.0 Å². The molecule has 4 spiro atoms. The summed E-state index contributed by atoms with van der Waals surface area (Å²) < 4.78 is 14.6. The summed E-state index contributed by atoms with van der Waals surface area (Å²) in [5.41, 5.74) is 8.92. The number of allylic oxidation sites excluding steroid dienone is 2. The molecule has 4 bridgehead atoms. The van der Waals surface area contributed by atoms with Crippen molar-refractivity contribution in [2.45, 2.75) is 163 Å². The van der Waals surface area contributed by atoms with Crippen LogP contribution in [0.25, 0.3) is 21.5 Å². The Labute approximate surface area is 389 Å². The Bertz CT molecular complexity index is 2830. The van der Waals surface area contributed by atoms with Gasteiger partial charge in [-0.2, -0.15) is 0 Å². The number of carbonyl (C=O) groups is 1. The Morgan fingerprint density at radius 3 is 1.76 bits per heavy atom. The number of rotatable bonds is 3. The van der Waals surface area contributed by atoms with E-state index in [1.54, 1.807) is 11.1 Å². The van der Waals surface area contributed by atoms with E-state index in [4.69, 9.17) is 9.47 Å². The standard InChI is InChI=1S/C31H36N2O.C28H29NO2.FH/c1-29-11-9-25-18-24-5-6-26(33-15-2-16-33)19-30(24)12-13-31(25,34-30)28(29)8-7-27(29)22-4-3-21-10-14-32-20-23(21)17-22;1-26-10-8-22-15-21-4-5-23(30)16-27(21)11-12-28(22,31-27)25(26)7-6-24(26)19-3-2-18-9-13-29-17-20(18)14-19;/h3-4,9-10,14,17-18,20,26-28H,2,5-8,11-13,15-16,19H2,1H3;2-3,8-9,13-15,17,24-25H,4-7,10-12,16H2,1H3;1H/t26-,27-,28-,29-,30?,31-;24-,25-,26-,27?,28-;/m11./s1. The van der Waals surface area contributed by atoms with Gasteiger partial charge in [0.25, 0.3) is 0 Å². The summed E-state index contributed by atoms with van der Waals surface area (Å²) >= 11 is 0. The fourth-order valence-corrected chi connectivity index (χ4v) is 17.4. The van der Waals surface area contributed by atoms with Gasteiger partial charge in [0, 0.05) is 54.4 Å². The van der Waals surface area contributed by atoms with Gasteiger partial charge in [-0.1, -0.05) is 62.4 Å². The fraction of sp³-hybridized carbons (Fsp3) is 0.542. The summed E-state index contributed by atoms with van der Waals surface area (Å²) in [7, 11) is 0. The zero-order valence-corrected chi connectivity index (χ0v) is 39.0. The molecule has 66 heavy (non-hydrogen) atoms. The lowest BCUT2D eigenvalue weighted by atomic mass is 9.58. The molecule has 11 atom stereocenters. The molecular weight excluding hydrogens is 818 g/mol. The van der Waals surface area contributed by atoms with Crippen molar-refractivity contribution in [1.82, 2.24) is 14.9 Å². The molecule has 11 aliphatic rings. The number of Topliss-reactive ketones (excluding diaryl/α,β-unsaturated/α-hetero) is 1. The highest BCUT2D eigenvalue weighted by Gasteiger charge is 2.68. The van der Waals surface area contributed by atoms with Crippen molar-refractivity contribution in [2.75, 3.05) is 13.1 Å². The first kappa shape index (κ1) is 41.9. The summed E-state index contributed by atoms with van der Waals surface area (Å²) in [5.74, 6) is 2.65. The smallest absolute Gasteiger partial charge is 0.136 e. The van der Waals surface area contributed by atoms with E-state index in [2.05, 4.69) is 102 Å². The number of ether oxygens (including phenoxy) is 2. The molecule has 2 unspecified atom stereocenters. The van der Waals surface area contributed by atoms with Crippen LogP contribution in [0, 0.1) is 22.7 Å². The summed E-state index contributed by atoms with van der Waals surface area (Å²) in [6.07, 6.45) is 37.2. The molecule has 2 aromatic carbocycles. The van der Waals surface area contributed by atoms with Gasteiger partial charge in [-0.25, -0.2) is 0 Å². The Kier molecular flexibility index (Phi) is 9.26. The summed E-state index contributed by atoms with van der Waals surface area (Å²) in [5, 5.41) is 5.07. The number of pyridine rings is 2. The minimum Gasteiger partial charge on any atom is -0.359 e. The highest BCUT2D eigenvalue weighted by molar-refractivity contribution is 5.84. The SMILES string of the molecule is C[C@]12CC=C3C=C4CCC(=O)CC45CC[C@]3(O5)[C@@H]1CC[C@@H]2c1ccc2ccncc2c1.C[C@]12CC=C3C=C4CC[C@@H](N5CCC5)CC45CC[C@]3(O5)[C@@H]1CC[C@@H]2c1ccc2ccncc2c1.F. The average molecular weight is 884 g/mol. The largest absolute Gasteiger partial charge is 0.359 e. The second-order valence-corrected chi connectivity index (χ2v) is 23.4. The van der Waals surface area contributed by atoms with Crippen LogP contribution in [-0.4, -0.2) is 62.2 Å². The van der Waals surface area contributed by atoms with Crippen LogP contribution in [0.4, 0.5) is 4.70 Å². The lowest BCUT2D eigenvalue weighted by molar-refractivity contribution is -0.146. The molecule has 342 valence electrons. The van der Waals surface area contributed by atoms with Crippen LogP contribution < -0.4 is 0 Å². The normalized spacial score (nSPS) is 41.2. The van der Waals surface area contributed by atoms with Crippen LogP contribution >= 0.6 is 0 Å². The van der Waals surface area contributed by atoms with Crippen LogP contribution in [-0.2, 0) is 14.3 Å². The Balaban J connectivity index is 0.000000130. The summed E-state index contributed by atoms with van der Waals surface area (Å²) in [4.78, 5) is 23.8. The van der Waals surface area contributed by atoms with E-state index < -0.39 is 0 Å². The van der Waals surface area contributed by atoms with E-state index in [0.717, 1.165) is 31.7 Å². The van der Waals surface area contributed by atoms with E-state index in [-0.39, 0.29) is 37.9 Å². The van der Waals surface area contributed by atoms with Crippen molar-refractivity contribution in [3.8, 4) is 0 Å². The average Bonchev–Trinajstić information content (AvgIpc) is 4.03. The molecule has 4 saturated carbocycles. The molecule has 5 aliphatic heterocycles. The van der Waals surface area contributed by atoms with E-state index >= 15 is 0 Å². The van der Waals surface area contributed by atoms with Gasteiger partial charge in [-0.3, -0.25) is 19.5 Å². The first-order valence-electron chi connectivity index (χ1n) is 25.8. The molecule has 6 nitrogen and oxygen atoms in total. The van der Waals surface area contributed by atoms with E-state index in [1.807, 2.05) is 24.8 Å². The Morgan fingerprint density at radius 2 is 1.18 bits per heavy atom. The third kappa shape index (κ3) is 5.72. The molecule has 4 aromatic rings. The van der Waals surface area contributed by atoms with Crippen molar-refractivity contribution in [3.63, 3.8) is 0 Å². The molecule has 7 fully saturated rings. The molecule has 0 N–H and O–H groups in total. The highest BCUT2D eigenvalue weighted by atomic mass is 19.0. The van der Waals surface area contributed by atoms with Gasteiger partial charge in [0.1, 0.15) is 5.78 Å². The molecule has 2 aromatic heterocycles. The van der Waals surface area contributed by atoms with Gasteiger partial charge in [0.15, 0.2) is 0 Å². The van der Waals surface area contributed by atoms with Gasteiger partial charge in [0.05, 0.1) is 22.4 Å². The van der Waals surface area contributed by atoms with Gasteiger partial charge in [-0.15, -0.1) is 0 Å². The predicted octanol–water partition coefficient (Wildman–Crippen LogP) is 12.7. The molecule has 0 amide bonds. The maximum Gasteiger partial charge on any atom is 0.136 e. The van der Waals surface area contributed by atoms with E-state index in [9.17, 15) is 4.79 Å². The molecule has 7 heteroatoms. The van der Waals surface area contributed by atoms with Gasteiger partial charge < -0.3 is 14.4 Å². The van der Waals surface area contributed by atoms with Crippen molar-refractivity contribution in [1.29, 1.82) is 0 Å². The maximum absolute atomic E-state index is 12.4. The second-order valence-electron chi connectivity index (χ2n) is 23.4. The molecule has 7 heterocycles. The second kappa shape index (κ2) is 14.6. The van der Waals surface area contributed by atoms with Crippen LogP contribution in [0.3, 0.4) is 0 Å². The molecule has 15 rings (SSSR count). The van der Waals surface area contributed by atoms with Gasteiger partial charge >= 0.3 is 0 Å². The number of nitrogens with zero attached hydrogens (tertiary/aromatic N) is 3. The van der Waals surface area contributed by atoms with Crippen LogP contribution in [0.15, 0.2) is 120 Å². The van der Waals surface area contributed by atoms with Crippen LogP contribution in [0.2, 0.25) is 0 Å². The van der Waals surface area contributed by atoms with Crippen LogP contribution in [0.1, 0.15) is 146 Å². The lowest BCUT2D eigenvalue weighted by Crippen LogP contribution is -2.56. The molecular formula is C59H66FN3O3. The zero-order valence-electron chi connectivity index (χ0n) is 39.0. The number of hydrogen-bond acceptors (Lipinski definition) is 6. The summed E-state index contributed by atoms with van der Waals surface area (Å²) in [6.45, 7) is 7.70. The monoisotopic (exact) mass is 884 g/mol. The number of likely N-dealkylation sites (tertiary alicyclic amines) is 1. The van der Waals surface area contributed by atoms with Gasteiger partial charge in [0.2, 0.25) is 0 Å².